The van der Waals surface area contributed by atoms with Gasteiger partial charge in [0.25, 0.3) is 0 Å². The lowest BCUT2D eigenvalue weighted by Crippen LogP contribution is -2.01. The number of hydrogen-bond donors (Lipinski definition) is 0. The Bertz CT molecular complexity index is 437. The molecule has 0 heterocycles. The average molecular weight is 221 g/mol. The third kappa shape index (κ3) is 2.23. The quantitative estimate of drug-likeness (QED) is 0.532. The minimum atomic E-state index is -0.475. The summed E-state index contributed by atoms with van der Waals surface area (Å²) in [6, 6.07) is 1.97. The summed E-state index contributed by atoms with van der Waals surface area (Å²) in [5, 5.41) is 8.96. The average Bonchev–Trinajstić information content (AvgIpc) is 2.54. The first-order valence-electron chi connectivity index (χ1n) is 4.46. The molecule has 0 spiro atoms. The van der Waals surface area contributed by atoms with Crippen molar-refractivity contribution in [1.82, 2.24) is 0 Å². The minimum Gasteiger partial charge on any atom is -0.504 e. The Hall–Kier alpha value is -2.22. The normalized spacial score (nSPS) is 16.9. The Morgan fingerprint density at radius 1 is 1.50 bits per heavy atom. The van der Waals surface area contributed by atoms with Gasteiger partial charge in [0.2, 0.25) is 0 Å². The van der Waals surface area contributed by atoms with Crippen molar-refractivity contribution >= 4 is 5.97 Å². The predicted octanol–water partition coefficient (Wildman–Crippen LogP) is 1.40. The van der Waals surface area contributed by atoms with Gasteiger partial charge in [-0.2, -0.15) is 5.26 Å². The monoisotopic (exact) mass is 221 g/mol. The Kier molecular flexibility index (Phi) is 3.72. The maximum atomic E-state index is 10.8. The first-order valence-corrected chi connectivity index (χ1v) is 4.46. The van der Waals surface area contributed by atoms with Crippen molar-refractivity contribution in [1.29, 1.82) is 5.26 Å². The number of nitriles is 1. The van der Waals surface area contributed by atoms with E-state index in [9.17, 15) is 4.79 Å². The third-order valence-corrected chi connectivity index (χ3v) is 1.84. The first-order chi connectivity index (χ1) is 7.63. The molecule has 5 heteroatoms. The fourth-order valence-corrected chi connectivity index (χ4v) is 1.30. The zero-order valence-electron chi connectivity index (χ0n) is 9.23. The lowest BCUT2D eigenvalue weighted by molar-refractivity contribution is -0.136. The van der Waals surface area contributed by atoms with Crippen LogP contribution in [0.15, 0.2) is 35.0 Å². The number of allylic oxidation sites excluding steroid dienone is 3. The molecule has 1 aliphatic carbocycles. The van der Waals surface area contributed by atoms with Crippen molar-refractivity contribution in [3.05, 3.63) is 35.0 Å². The number of carbonyl (C=O) groups is 1. The molecule has 0 aliphatic heterocycles. The van der Waals surface area contributed by atoms with Crippen molar-refractivity contribution in [3.63, 3.8) is 0 Å². The molecular formula is C11H11NO4. The molecule has 16 heavy (non-hydrogen) atoms. The summed E-state index contributed by atoms with van der Waals surface area (Å²) in [5.74, 6) is -0.0207. The molecule has 0 amide bonds. The number of methoxy groups -OCH3 is 2. The lowest BCUT2D eigenvalue weighted by Gasteiger charge is -2.05. The van der Waals surface area contributed by atoms with Gasteiger partial charge in [0.1, 0.15) is 11.6 Å². The van der Waals surface area contributed by atoms with E-state index in [0.29, 0.717) is 5.57 Å². The van der Waals surface area contributed by atoms with Crippen molar-refractivity contribution in [3.8, 4) is 6.07 Å². The predicted molar refractivity (Wildman–Crippen MR) is 54.6 cm³/mol. The van der Waals surface area contributed by atoms with Gasteiger partial charge in [0.05, 0.1) is 20.5 Å². The van der Waals surface area contributed by atoms with Crippen LogP contribution < -0.4 is 0 Å². The molecule has 0 N–H and O–H groups in total. The molecule has 0 aromatic heterocycles. The number of ether oxygens (including phenoxy) is 3. The van der Waals surface area contributed by atoms with Crippen molar-refractivity contribution in [2.45, 2.75) is 6.92 Å². The molecule has 1 rings (SSSR count). The van der Waals surface area contributed by atoms with Gasteiger partial charge in [0, 0.05) is 12.5 Å². The van der Waals surface area contributed by atoms with Crippen molar-refractivity contribution < 1.29 is 19.0 Å². The van der Waals surface area contributed by atoms with E-state index in [0.717, 1.165) is 0 Å². The zero-order valence-corrected chi connectivity index (χ0v) is 9.23. The maximum Gasteiger partial charge on any atom is 0.308 e. The van der Waals surface area contributed by atoms with Crippen LogP contribution in [0.5, 0.6) is 0 Å². The first kappa shape index (κ1) is 11.9. The maximum absolute atomic E-state index is 10.8. The number of hydrogen-bond acceptors (Lipinski definition) is 5. The molecular weight excluding hydrogens is 210 g/mol. The summed E-state index contributed by atoms with van der Waals surface area (Å²) >= 11 is 0. The fraction of sp³-hybridized carbons (Fsp3) is 0.273. The van der Waals surface area contributed by atoms with Crippen LogP contribution in [-0.2, 0) is 19.0 Å². The van der Waals surface area contributed by atoms with E-state index in [-0.39, 0.29) is 17.1 Å². The molecule has 0 fully saturated rings. The molecule has 1 aliphatic rings. The summed E-state index contributed by atoms with van der Waals surface area (Å²) in [6.07, 6.45) is 2.90. The second-order valence-electron chi connectivity index (χ2n) is 2.93. The highest BCUT2D eigenvalue weighted by Crippen LogP contribution is 2.31. The van der Waals surface area contributed by atoms with Gasteiger partial charge in [0.15, 0.2) is 11.5 Å². The highest BCUT2D eigenvalue weighted by atomic mass is 16.6. The summed E-state index contributed by atoms with van der Waals surface area (Å²) < 4.78 is 14.8. The van der Waals surface area contributed by atoms with E-state index < -0.39 is 5.97 Å². The van der Waals surface area contributed by atoms with Gasteiger partial charge in [-0.25, -0.2) is 0 Å². The van der Waals surface area contributed by atoms with Gasteiger partial charge < -0.3 is 14.2 Å². The molecule has 0 bridgehead atoms. The molecule has 0 radical (unpaired) electrons. The van der Waals surface area contributed by atoms with Crippen LogP contribution in [0.3, 0.4) is 0 Å². The Morgan fingerprint density at radius 3 is 2.62 bits per heavy atom. The molecule has 0 aromatic rings. The van der Waals surface area contributed by atoms with Crippen LogP contribution in [0.25, 0.3) is 0 Å². The van der Waals surface area contributed by atoms with E-state index in [1.54, 1.807) is 0 Å². The highest BCUT2D eigenvalue weighted by molar-refractivity contribution is 5.70. The third-order valence-electron chi connectivity index (χ3n) is 1.84. The van der Waals surface area contributed by atoms with Gasteiger partial charge >= 0.3 is 5.97 Å². The Balaban J connectivity index is 3.16. The van der Waals surface area contributed by atoms with Crippen LogP contribution in [0.2, 0.25) is 0 Å². The number of esters is 1. The van der Waals surface area contributed by atoms with Gasteiger partial charge in [-0.05, 0) is 6.08 Å². The van der Waals surface area contributed by atoms with Gasteiger partial charge in [-0.1, -0.05) is 0 Å². The Labute approximate surface area is 93.2 Å². The molecule has 5 nitrogen and oxygen atoms in total. The Morgan fingerprint density at radius 2 is 2.19 bits per heavy atom. The molecule has 84 valence electrons. The SMILES string of the molecule is CO/C=C1\C=C(OC(C)=O)C(OC)=C1C#N. The van der Waals surface area contributed by atoms with Crippen molar-refractivity contribution in [2.24, 2.45) is 0 Å². The van der Waals surface area contributed by atoms with Crippen LogP contribution in [-0.4, -0.2) is 20.2 Å². The van der Waals surface area contributed by atoms with Crippen LogP contribution in [0, 0.1) is 11.3 Å². The van der Waals surface area contributed by atoms with E-state index in [2.05, 4.69) is 0 Å². The molecule has 0 aromatic carbocycles. The van der Waals surface area contributed by atoms with E-state index in [1.165, 1.54) is 33.5 Å². The van der Waals surface area contributed by atoms with E-state index >= 15 is 0 Å². The van der Waals surface area contributed by atoms with Crippen LogP contribution >= 0.6 is 0 Å². The van der Waals surface area contributed by atoms with Crippen LogP contribution in [0.4, 0.5) is 0 Å². The van der Waals surface area contributed by atoms with Gasteiger partial charge in [-0.3, -0.25) is 4.79 Å². The molecule has 0 unspecified atom stereocenters. The summed E-state index contributed by atoms with van der Waals surface area (Å²) in [6.45, 7) is 1.28. The number of rotatable bonds is 3. The molecule has 0 saturated heterocycles. The zero-order chi connectivity index (χ0) is 12.1. The molecule has 0 saturated carbocycles. The number of nitrogens with zero attached hydrogens (tertiary/aromatic N) is 1. The smallest absolute Gasteiger partial charge is 0.308 e. The standard InChI is InChI=1S/C11H11NO4/c1-7(13)16-10-4-8(6-14-2)9(5-12)11(10)15-3/h4,6H,1-3H3/b8-6+. The van der Waals surface area contributed by atoms with Crippen LogP contribution in [0.1, 0.15) is 6.92 Å². The summed E-state index contributed by atoms with van der Waals surface area (Å²) in [4.78, 5) is 10.8. The van der Waals surface area contributed by atoms with Gasteiger partial charge in [-0.15, -0.1) is 0 Å². The largest absolute Gasteiger partial charge is 0.504 e. The molecule has 0 atom stereocenters. The van der Waals surface area contributed by atoms with E-state index in [4.69, 9.17) is 19.5 Å². The number of carbonyl (C=O) groups excluding carboxylic acids is 1. The minimum absolute atomic E-state index is 0.217. The second-order valence-corrected chi connectivity index (χ2v) is 2.93. The van der Waals surface area contributed by atoms with E-state index in [1.807, 2.05) is 6.07 Å². The topological polar surface area (TPSA) is 68.6 Å². The fourth-order valence-electron chi connectivity index (χ4n) is 1.30. The highest BCUT2D eigenvalue weighted by Gasteiger charge is 2.25. The summed E-state index contributed by atoms with van der Waals surface area (Å²) in [7, 11) is 2.87. The lowest BCUT2D eigenvalue weighted by atomic mass is 10.2. The second kappa shape index (κ2) is 5.03. The summed E-state index contributed by atoms with van der Waals surface area (Å²) in [5.41, 5.74) is 0.790. The van der Waals surface area contributed by atoms with Crippen molar-refractivity contribution in [2.75, 3.05) is 14.2 Å².